The number of amides is 1. The van der Waals surface area contributed by atoms with Crippen LogP contribution in [0.5, 0.6) is 0 Å². The fourth-order valence-electron chi connectivity index (χ4n) is 3.45. The molecule has 4 rings (SSSR count). The summed E-state index contributed by atoms with van der Waals surface area (Å²) in [6, 6.07) is 21.3. The van der Waals surface area contributed by atoms with Gasteiger partial charge in [-0.15, -0.1) is 0 Å². The summed E-state index contributed by atoms with van der Waals surface area (Å²) in [4.78, 5) is 12.9. The molecule has 5 nitrogen and oxygen atoms in total. The summed E-state index contributed by atoms with van der Waals surface area (Å²) in [6.07, 6.45) is 1.50. The Morgan fingerprint density at radius 3 is 2.45 bits per heavy atom. The number of sulfonamides is 1. The van der Waals surface area contributed by atoms with Gasteiger partial charge in [0.25, 0.3) is 15.9 Å². The number of carbonyl (C=O) groups excluding carboxylic acids is 1. The third-order valence-electron chi connectivity index (χ3n) is 4.86. The van der Waals surface area contributed by atoms with Gasteiger partial charge in [0, 0.05) is 15.8 Å². The van der Waals surface area contributed by atoms with Crippen LogP contribution in [0.25, 0.3) is 0 Å². The van der Waals surface area contributed by atoms with E-state index < -0.39 is 10.0 Å². The molecule has 0 saturated heterocycles. The summed E-state index contributed by atoms with van der Waals surface area (Å²) in [5.74, 6) is -0.181. The average molecular weight is 518 g/mol. The first-order chi connectivity index (χ1) is 14.0. The van der Waals surface area contributed by atoms with Gasteiger partial charge in [0.05, 0.1) is 16.1 Å². The number of nitrogens with one attached hydrogen (secondary N) is 1. The normalized spacial score (nSPS) is 13.6. The van der Waals surface area contributed by atoms with Gasteiger partial charge in [-0.1, -0.05) is 30.3 Å². The molecule has 1 N–H and O–H groups in total. The van der Waals surface area contributed by atoms with E-state index in [0.717, 1.165) is 22.0 Å². The third-order valence-corrected chi connectivity index (χ3v) is 7.63. The van der Waals surface area contributed by atoms with Gasteiger partial charge in [0.15, 0.2) is 0 Å². The molecule has 1 aliphatic heterocycles. The van der Waals surface area contributed by atoms with Crippen LogP contribution >= 0.6 is 22.6 Å². The zero-order valence-electron chi connectivity index (χ0n) is 15.5. The van der Waals surface area contributed by atoms with E-state index in [-0.39, 0.29) is 10.8 Å². The highest BCUT2D eigenvalue weighted by Crippen LogP contribution is 2.34. The first-order valence-electron chi connectivity index (χ1n) is 9.23. The van der Waals surface area contributed by atoms with Crippen LogP contribution in [0.1, 0.15) is 22.3 Å². The van der Waals surface area contributed by atoms with Gasteiger partial charge in [-0.3, -0.25) is 9.10 Å². The Labute approximate surface area is 183 Å². The highest BCUT2D eigenvalue weighted by molar-refractivity contribution is 14.1. The number of aryl methyl sites for hydroxylation is 1. The highest BCUT2D eigenvalue weighted by atomic mass is 127. The molecule has 0 fully saturated rings. The molecule has 29 heavy (non-hydrogen) atoms. The average Bonchev–Trinajstić information content (AvgIpc) is 2.74. The maximum absolute atomic E-state index is 13.1. The van der Waals surface area contributed by atoms with Gasteiger partial charge in [0.1, 0.15) is 0 Å². The third kappa shape index (κ3) is 4.02. The van der Waals surface area contributed by atoms with Crippen molar-refractivity contribution in [3.63, 3.8) is 0 Å². The molecule has 0 saturated carbocycles. The van der Waals surface area contributed by atoms with Crippen molar-refractivity contribution in [3.05, 3.63) is 87.5 Å². The van der Waals surface area contributed by atoms with E-state index in [2.05, 4.69) is 27.9 Å². The van der Waals surface area contributed by atoms with Crippen molar-refractivity contribution in [1.29, 1.82) is 0 Å². The Balaban J connectivity index is 1.62. The molecule has 1 heterocycles. The maximum atomic E-state index is 13.1. The molecule has 0 aliphatic carbocycles. The molecule has 3 aromatic rings. The van der Waals surface area contributed by atoms with Gasteiger partial charge in [0.2, 0.25) is 0 Å². The summed E-state index contributed by atoms with van der Waals surface area (Å²) >= 11 is 2.14. The fraction of sp³-hybridized carbons (Fsp3) is 0.136. The van der Waals surface area contributed by atoms with Crippen LogP contribution in [0.4, 0.5) is 11.4 Å². The molecule has 0 bridgehead atoms. The first kappa shape index (κ1) is 19.9. The Hall–Kier alpha value is -2.39. The minimum absolute atomic E-state index is 0.181. The van der Waals surface area contributed by atoms with E-state index >= 15 is 0 Å². The minimum atomic E-state index is -3.61. The van der Waals surface area contributed by atoms with Crippen LogP contribution in [0.15, 0.2) is 77.7 Å². The minimum Gasteiger partial charge on any atom is -0.322 e. The predicted octanol–water partition coefficient (Wildman–Crippen LogP) is 4.69. The number of nitrogens with zero attached hydrogens (tertiary/aromatic N) is 1. The molecule has 3 aromatic carbocycles. The van der Waals surface area contributed by atoms with Crippen molar-refractivity contribution < 1.29 is 13.2 Å². The zero-order chi connectivity index (χ0) is 20.4. The van der Waals surface area contributed by atoms with Crippen molar-refractivity contribution in [2.75, 3.05) is 16.2 Å². The number of benzene rings is 3. The lowest BCUT2D eigenvalue weighted by atomic mass is 10.0. The molecule has 0 spiro atoms. The summed E-state index contributed by atoms with van der Waals surface area (Å²) < 4.78 is 28.5. The highest BCUT2D eigenvalue weighted by Gasteiger charge is 2.29. The number of hydrogen-bond donors (Lipinski definition) is 1. The Kier molecular flexibility index (Phi) is 5.60. The van der Waals surface area contributed by atoms with E-state index in [1.54, 1.807) is 48.5 Å². The Bertz CT molecular complexity index is 1160. The van der Waals surface area contributed by atoms with Gasteiger partial charge in [-0.25, -0.2) is 8.42 Å². The van der Waals surface area contributed by atoms with Gasteiger partial charge < -0.3 is 5.32 Å². The monoisotopic (exact) mass is 518 g/mol. The second-order valence-electron chi connectivity index (χ2n) is 6.77. The number of anilines is 2. The molecule has 1 amide bonds. The van der Waals surface area contributed by atoms with Crippen LogP contribution in [0.2, 0.25) is 0 Å². The molecule has 0 aromatic heterocycles. The largest absolute Gasteiger partial charge is 0.322 e. The molecule has 0 radical (unpaired) electrons. The van der Waals surface area contributed by atoms with E-state index in [1.807, 2.05) is 24.3 Å². The Morgan fingerprint density at radius 2 is 1.69 bits per heavy atom. The van der Waals surface area contributed by atoms with E-state index in [4.69, 9.17) is 0 Å². The molecule has 148 valence electrons. The van der Waals surface area contributed by atoms with Crippen molar-refractivity contribution >= 4 is 49.9 Å². The van der Waals surface area contributed by atoms with Gasteiger partial charge in [-0.05, 0) is 83.5 Å². The number of rotatable bonds is 4. The fourth-order valence-corrected chi connectivity index (χ4v) is 5.65. The zero-order valence-corrected chi connectivity index (χ0v) is 18.5. The SMILES string of the molecule is O=C(Nc1ccc2c(c1)CCCN2S(=O)(=O)c1ccccc1)c1ccccc1I. The standard InChI is InChI=1S/C22H19IN2O3S/c23-20-11-5-4-10-19(20)22(26)24-17-12-13-21-16(15-17)7-6-14-25(21)29(27,28)18-8-2-1-3-9-18/h1-5,8-13,15H,6-7,14H2,(H,24,26). The maximum Gasteiger partial charge on any atom is 0.264 e. The quantitative estimate of drug-likeness (QED) is 0.510. The van der Waals surface area contributed by atoms with E-state index in [9.17, 15) is 13.2 Å². The van der Waals surface area contributed by atoms with E-state index in [0.29, 0.717) is 23.5 Å². The second kappa shape index (κ2) is 8.16. The number of halogens is 1. The number of fused-ring (bicyclic) bond motifs is 1. The van der Waals surface area contributed by atoms with Crippen LogP contribution in [0, 0.1) is 3.57 Å². The van der Waals surface area contributed by atoms with Crippen LogP contribution in [-0.2, 0) is 16.4 Å². The molecular weight excluding hydrogens is 499 g/mol. The lowest BCUT2D eigenvalue weighted by molar-refractivity contribution is 0.102. The summed E-state index contributed by atoms with van der Waals surface area (Å²) in [7, 11) is -3.61. The van der Waals surface area contributed by atoms with Gasteiger partial charge in [-0.2, -0.15) is 0 Å². The van der Waals surface area contributed by atoms with Gasteiger partial charge >= 0.3 is 0 Å². The van der Waals surface area contributed by atoms with Crippen molar-refractivity contribution in [3.8, 4) is 0 Å². The molecule has 1 aliphatic rings. The number of carbonyl (C=O) groups is 1. The summed E-state index contributed by atoms with van der Waals surface area (Å²) in [6.45, 7) is 0.443. The topological polar surface area (TPSA) is 66.5 Å². The van der Waals surface area contributed by atoms with Crippen LogP contribution in [0.3, 0.4) is 0 Å². The lowest BCUT2D eigenvalue weighted by Crippen LogP contribution is -2.35. The predicted molar refractivity (Wildman–Crippen MR) is 123 cm³/mol. The second-order valence-corrected chi connectivity index (χ2v) is 9.80. The van der Waals surface area contributed by atoms with Crippen molar-refractivity contribution in [2.45, 2.75) is 17.7 Å². The number of hydrogen-bond acceptors (Lipinski definition) is 3. The molecular formula is C22H19IN2O3S. The molecule has 0 atom stereocenters. The van der Waals surface area contributed by atoms with Crippen molar-refractivity contribution in [2.24, 2.45) is 0 Å². The first-order valence-corrected chi connectivity index (χ1v) is 11.8. The summed E-state index contributed by atoms with van der Waals surface area (Å²) in [5, 5.41) is 2.92. The smallest absolute Gasteiger partial charge is 0.264 e. The lowest BCUT2D eigenvalue weighted by Gasteiger charge is -2.31. The summed E-state index contributed by atoms with van der Waals surface area (Å²) in [5.41, 5.74) is 2.86. The Morgan fingerprint density at radius 1 is 0.966 bits per heavy atom. The van der Waals surface area contributed by atoms with Crippen LogP contribution < -0.4 is 9.62 Å². The molecule has 7 heteroatoms. The molecule has 0 unspecified atom stereocenters. The van der Waals surface area contributed by atoms with Crippen molar-refractivity contribution in [1.82, 2.24) is 0 Å². The van der Waals surface area contributed by atoms with Crippen LogP contribution in [-0.4, -0.2) is 20.9 Å². The van der Waals surface area contributed by atoms with E-state index in [1.165, 1.54) is 4.31 Å².